The summed E-state index contributed by atoms with van der Waals surface area (Å²) in [6, 6.07) is 0. The summed E-state index contributed by atoms with van der Waals surface area (Å²) in [5.74, 6) is -2.62. The smallest absolute Gasteiger partial charge is 0.167 e. The van der Waals surface area contributed by atoms with Crippen molar-refractivity contribution in [2.45, 2.75) is 38.5 Å². The van der Waals surface area contributed by atoms with Gasteiger partial charge in [-0.25, -0.2) is 13.2 Å². The topological polar surface area (TPSA) is 0 Å². The van der Waals surface area contributed by atoms with Crippen molar-refractivity contribution in [2.24, 2.45) is 5.92 Å². The number of hydrogen-bond donors (Lipinski definition) is 0. The van der Waals surface area contributed by atoms with Crippen molar-refractivity contribution in [2.75, 3.05) is 0 Å². The summed E-state index contributed by atoms with van der Waals surface area (Å²) in [6.07, 6.45) is 4.51. The first-order valence-electron chi connectivity index (χ1n) is 6.90. The van der Waals surface area contributed by atoms with Crippen LogP contribution in [0.1, 0.15) is 49.8 Å². The zero-order chi connectivity index (χ0) is 15.1. The second kappa shape index (κ2) is 5.12. The Balaban J connectivity index is 2.75. The van der Waals surface area contributed by atoms with E-state index in [1.807, 2.05) is 13.8 Å². The zero-order valence-corrected chi connectivity index (χ0v) is 11.9. The van der Waals surface area contributed by atoms with Gasteiger partial charge in [0.05, 0.1) is 0 Å². The third-order valence-electron chi connectivity index (χ3n) is 4.45. The Kier molecular flexibility index (Phi) is 3.81. The van der Waals surface area contributed by atoms with Gasteiger partial charge in [-0.2, -0.15) is 0 Å². The quantitative estimate of drug-likeness (QED) is 0.627. The van der Waals surface area contributed by atoms with Gasteiger partial charge in [-0.1, -0.05) is 45.6 Å². The Hall–Kier alpha value is -1.51. The van der Waals surface area contributed by atoms with E-state index < -0.39 is 22.9 Å². The lowest BCUT2D eigenvalue weighted by Gasteiger charge is -2.21. The highest BCUT2D eigenvalue weighted by atomic mass is 19.2. The molecule has 1 aliphatic rings. The molecule has 0 radical (unpaired) electrons. The molecule has 1 fully saturated rings. The molecule has 0 saturated heterocycles. The highest BCUT2D eigenvalue weighted by molar-refractivity contribution is 5.66. The zero-order valence-electron chi connectivity index (χ0n) is 11.9. The standard InChI is InChI=1S/C17H19F3/c1-5-8-17(9-10(17)4)13-14(18)11(6-2)12(7-3)15(19)16(13)20/h6-7,10H,2-3,5,8-9H2,1,4H3. The lowest BCUT2D eigenvalue weighted by molar-refractivity contribution is 0.435. The molecule has 20 heavy (non-hydrogen) atoms. The van der Waals surface area contributed by atoms with Crippen molar-refractivity contribution in [1.82, 2.24) is 0 Å². The van der Waals surface area contributed by atoms with E-state index >= 15 is 0 Å². The van der Waals surface area contributed by atoms with Crippen LogP contribution in [0.15, 0.2) is 13.2 Å². The molecule has 0 amide bonds. The van der Waals surface area contributed by atoms with Gasteiger partial charge < -0.3 is 0 Å². The molecule has 0 aliphatic heterocycles. The van der Waals surface area contributed by atoms with Crippen LogP contribution in [0, 0.1) is 23.4 Å². The van der Waals surface area contributed by atoms with Gasteiger partial charge in [0.1, 0.15) is 5.82 Å². The second-order valence-corrected chi connectivity index (χ2v) is 5.56. The van der Waals surface area contributed by atoms with Crippen LogP contribution in [0.3, 0.4) is 0 Å². The van der Waals surface area contributed by atoms with E-state index in [-0.39, 0.29) is 22.6 Å². The van der Waals surface area contributed by atoms with Crippen LogP contribution in [-0.4, -0.2) is 0 Å². The fourth-order valence-corrected chi connectivity index (χ4v) is 3.29. The number of hydrogen-bond acceptors (Lipinski definition) is 0. The average Bonchev–Trinajstić information content (AvgIpc) is 3.04. The van der Waals surface area contributed by atoms with Crippen LogP contribution in [0.5, 0.6) is 0 Å². The molecule has 0 aromatic heterocycles. The molecule has 108 valence electrons. The van der Waals surface area contributed by atoms with E-state index in [2.05, 4.69) is 13.2 Å². The van der Waals surface area contributed by atoms with Crippen LogP contribution < -0.4 is 0 Å². The molecule has 1 aromatic rings. The van der Waals surface area contributed by atoms with Crippen LogP contribution in [0.25, 0.3) is 12.2 Å². The first-order valence-corrected chi connectivity index (χ1v) is 6.90. The Morgan fingerprint density at radius 2 is 1.60 bits per heavy atom. The van der Waals surface area contributed by atoms with Gasteiger partial charge in [0.25, 0.3) is 0 Å². The van der Waals surface area contributed by atoms with Gasteiger partial charge in [-0.15, -0.1) is 0 Å². The maximum Gasteiger partial charge on any atom is 0.167 e. The maximum absolute atomic E-state index is 14.7. The first-order chi connectivity index (χ1) is 9.44. The summed E-state index contributed by atoms with van der Waals surface area (Å²) in [5.41, 5.74) is -0.826. The molecule has 2 atom stereocenters. The normalized spacial score (nSPS) is 24.6. The summed E-state index contributed by atoms with van der Waals surface area (Å²) < 4.78 is 43.2. The maximum atomic E-state index is 14.7. The lowest BCUT2D eigenvalue weighted by Crippen LogP contribution is -2.17. The van der Waals surface area contributed by atoms with E-state index in [1.165, 1.54) is 6.08 Å². The summed E-state index contributed by atoms with van der Waals surface area (Å²) in [6.45, 7) is 10.8. The number of halogens is 3. The first kappa shape index (κ1) is 14.9. The molecule has 0 nitrogen and oxygen atoms in total. The SMILES string of the molecule is C=Cc1c(F)c(F)c(C2(CCC)CC2C)c(F)c1C=C. The van der Waals surface area contributed by atoms with E-state index in [1.54, 1.807) is 0 Å². The summed E-state index contributed by atoms with van der Waals surface area (Å²) in [7, 11) is 0. The summed E-state index contributed by atoms with van der Waals surface area (Å²) in [5, 5.41) is 0. The molecular weight excluding hydrogens is 261 g/mol. The third kappa shape index (κ3) is 1.91. The van der Waals surface area contributed by atoms with Gasteiger partial charge >= 0.3 is 0 Å². The number of rotatable bonds is 5. The molecule has 2 unspecified atom stereocenters. The Morgan fingerprint density at radius 3 is 2.00 bits per heavy atom. The molecule has 1 aromatic carbocycles. The van der Waals surface area contributed by atoms with E-state index in [0.717, 1.165) is 12.5 Å². The minimum absolute atomic E-state index is 0.00322. The highest BCUT2D eigenvalue weighted by Gasteiger charge is 2.55. The van der Waals surface area contributed by atoms with Gasteiger partial charge in [-0.05, 0) is 18.8 Å². The molecule has 1 aliphatic carbocycles. The van der Waals surface area contributed by atoms with Gasteiger partial charge in [0.2, 0.25) is 0 Å². The van der Waals surface area contributed by atoms with Crippen molar-refractivity contribution in [3.8, 4) is 0 Å². The second-order valence-electron chi connectivity index (χ2n) is 5.56. The molecule has 3 heteroatoms. The molecule has 1 saturated carbocycles. The summed E-state index contributed by atoms with van der Waals surface area (Å²) in [4.78, 5) is 0. The van der Waals surface area contributed by atoms with E-state index in [9.17, 15) is 13.2 Å². The van der Waals surface area contributed by atoms with E-state index in [4.69, 9.17) is 0 Å². The van der Waals surface area contributed by atoms with Gasteiger partial charge in [0.15, 0.2) is 11.6 Å². The minimum atomic E-state index is -1.07. The fraction of sp³-hybridized carbons (Fsp3) is 0.412. The van der Waals surface area contributed by atoms with Crippen molar-refractivity contribution in [3.05, 3.63) is 47.3 Å². The van der Waals surface area contributed by atoms with Crippen molar-refractivity contribution < 1.29 is 13.2 Å². The minimum Gasteiger partial charge on any atom is -0.206 e. The molecule has 0 spiro atoms. The predicted molar refractivity (Wildman–Crippen MR) is 76.9 cm³/mol. The van der Waals surface area contributed by atoms with Gasteiger partial charge in [0, 0.05) is 22.1 Å². The van der Waals surface area contributed by atoms with Crippen LogP contribution in [0.2, 0.25) is 0 Å². The Morgan fingerprint density at radius 1 is 1.10 bits per heavy atom. The molecule has 0 heterocycles. The molecular formula is C17H19F3. The van der Waals surface area contributed by atoms with E-state index in [0.29, 0.717) is 12.8 Å². The highest BCUT2D eigenvalue weighted by Crippen LogP contribution is 2.59. The molecule has 0 bridgehead atoms. The predicted octanol–water partition coefficient (Wildman–Crippen LogP) is 5.47. The van der Waals surface area contributed by atoms with Crippen LogP contribution in [-0.2, 0) is 5.41 Å². The van der Waals surface area contributed by atoms with Crippen LogP contribution >= 0.6 is 0 Å². The van der Waals surface area contributed by atoms with Crippen LogP contribution in [0.4, 0.5) is 13.2 Å². The fourth-order valence-electron chi connectivity index (χ4n) is 3.29. The molecule has 0 N–H and O–H groups in total. The third-order valence-corrected chi connectivity index (χ3v) is 4.45. The molecule has 2 rings (SSSR count). The van der Waals surface area contributed by atoms with Gasteiger partial charge in [-0.3, -0.25) is 0 Å². The van der Waals surface area contributed by atoms with Crippen molar-refractivity contribution in [1.29, 1.82) is 0 Å². The monoisotopic (exact) mass is 280 g/mol. The van der Waals surface area contributed by atoms with Crippen molar-refractivity contribution >= 4 is 12.2 Å². The lowest BCUT2D eigenvalue weighted by atomic mass is 9.85. The Labute approximate surface area is 118 Å². The number of benzene rings is 1. The summed E-state index contributed by atoms with van der Waals surface area (Å²) >= 11 is 0. The largest absolute Gasteiger partial charge is 0.206 e. The Bertz CT molecular complexity index is 574. The average molecular weight is 280 g/mol. The van der Waals surface area contributed by atoms with Crippen molar-refractivity contribution in [3.63, 3.8) is 0 Å².